The second-order valence-corrected chi connectivity index (χ2v) is 8.88. The van der Waals surface area contributed by atoms with Crippen LogP contribution in [0.3, 0.4) is 0 Å². The average molecular weight is 437 g/mol. The van der Waals surface area contributed by atoms with Crippen LogP contribution in [0, 0.1) is 6.92 Å². The van der Waals surface area contributed by atoms with Gasteiger partial charge in [-0.25, -0.2) is 4.79 Å². The molecule has 0 spiro atoms. The number of carbonyl (C=O) groups excluding carboxylic acids is 1. The molecule has 0 bridgehead atoms. The first-order chi connectivity index (χ1) is 15.0. The zero-order chi connectivity index (χ0) is 22.0. The molecule has 2 amide bonds. The van der Waals surface area contributed by atoms with E-state index in [2.05, 4.69) is 31.3 Å². The number of rotatable bonds is 5. The van der Waals surface area contributed by atoms with E-state index in [-0.39, 0.29) is 12.1 Å². The largest absolute Gasteiger partial charge is 0.497 e. The van der Waals surface area contributed by atoms with Gasteiger partial charge in [0.1, 0.15) is 11.5 Å². The molecule has 1 aliphatic rings. The van der Waals surface area contributed by atoms with Crippen molar-refractivity contribution in [3.8, 4) is 11.5 Å². The fourth-order valence-corrected chi connectivity index (χ4v) is 5.81. The van der Waals surface area contributed by atoms with E-state index in [9.17, 15) is 4.79 Å². The molecule has 0 radical (unpaired) electrons. The summed E-state index contributed by atoms with van der Waals surface area (Å²) < 4.78 is 10.7. The molecule has 0 saturated heterocycles. The number of thiophene rings is 1. The molecule has 2 heterocycles. The van der Waals surface area contributed by atoms with Crippen LogP contribution in [-0.2, 0) is 12.8 Å². The van der Waals surface area contributed by atoms with Gasteiger partial charge in [0, 0.05) is 40.2 Å². The van der Waals surface area contributed by atoms with Crippen LogP contribution in [0.25, 0.3) is 0 Å². The maximum absolute atomic E-state index is 13.5. The molecule has 1 N–H and O–H groups in total. The molecule has 162 valence electrons. The van der Waals surface area contributed by atoms with Crippen molar-refractivity contribution in [1.82, 2.24) is 4.90 Å². The molecule has 2 aromatic carbocycles. The number of benzene rings is 2. The third-order valence-corrected chi connectivity index (χ3v) is 7.09. The average Bonchev–Trinajstić information content (AvgIpc) is 3.13. The molecule has 0 unspecified atom stereocenters. The molecule has 1 aromatic heterocycles. The molecule has 1 atom stereocenters. The molecular formula is C25H28N2O3S. The number of ether oxygens (including phenoxy) is 2. The van der Waals surface area contributed by atoms with Crippen LogP contribution in [0.15, 0.2) is 48.5 Å². The lowest BCUT2D eigenvalue weighted by molar-refractivity contribution is 0.195. The van der Waals surface area contributed by atoms with Crippen molar-refractivity contribution in [3.63, 3.8) is 0 Å². The number of amides is 2. The Morgan fingerprint density at radius 3 is 2.42 bits per heavy atom. The number of anilines is 1. The number of hydrogen-bond acceptors (Lipinski definition) is 4. The Balaban J connectivity index is 1.70. The first kappa shape index (κ1) is 21.2. The summed E-state index contributed by atoms with van der Waals surface area (Å²) in [4.78, 5) is 18.0. The van der Waals surface area contributed by atoms with Gasteiger partial charge in [-0.1, -0.05) is 37.3 Å². The number of aryl methyl sites for hydroxylation is 1. The van der Waals surface area contributed by atoms with Crippen molar-refractivity contribution in [2.75, 3.05) is 26.1 Å². The third kappa shape index (κ3) is 4.12. The van der Waals surface area contributed by atoms with Crippen LogP contribution in [0.5, 0.6) is 11.5 Å². The molecule has 0 saturated carbocycles. The predicted molar refractivity (Wildman–Crippen MR) is 126 cm³/mol. The highest BCUT2D eigenvalue weighted by Crippen LogP contribution is 2.43. The van der Waals surface area contributed by atoms with Gasteiger partial charge in [0.2, 0.25) is 0 Å². The number of fused-ring (bicyclic) bond motifs is 1. The van der Waals surface area contributed by atoms with Crippen molar-refractivity contribution in [2.24, 2.45) is 0 Å². The highest BCUT2D eigenvalue weighted by molar-refractivity contribution is 7.12. The minimum Gasteiger partial charge on any atom is -0.497 e. The molecular weight excluding hydrogens is 408 g/mol. The van der Waals surface area contributed by atoms with Crippen molar-refractivity contribution in [3.05, 3.63) is 75.0 Å². The number of nitrogens with zero attached hydrogens (tertiary/aromatic N) is 1. The number of hydrogen-bond donors (Lipinski definition) is 1. The molecule has 31 heavy (non-hydrogen) atoms. The van der Waals surface area contributed by atoms with Gasteiger partial charge in [-0.05, 0) is 36.5 Å². The molecule has 4 rings (SSSR count). The SMILES string of the molecule is CCc1c(C)sc2c1CCN(C(=O)Nc1cc(OC)cc(OC)c1)[C@@H]2c1ccccc1. The maximum atomic E-state index is 13.5. The summed E-state index contributed by atoms with van der Waals surface area (Å²) in [6, 6.07) is 15.5. The minimum atomic E-state index is -0.126. The summed E-state index contributed by atoms with van der Waals surface area (Å²) >= 11 is 1.82. The Morgan fingerprint density at radius 2 is 1.81 bits per heavy atom. The number of urea groups is 1. The second-order valence-electron chi connectivity index (χ2n) is 7.62. The summed E-state index contributed by atoms with van der Waals surface area (Å²) in [6.45, 7) is 5.07. The van der Waals surface area contributed by atoms with E-state index < -0.39 is 0 Å². The number of nitrogens with one attached hydrogen (secondary N) is 1. The van der Waals surface area contributed by atoms with Gasteiger partial charge in [0.15, 0.2) is 0 Å². The smallest absolute Gasteiger partial charge is 0.322 e. The monoisotopic (exact) mass is 436 g/mol. The molecule has 0 aliphatic carbocycles. The highest BCUT2D eigenvalue weighted by atomic mass is 32.1. The zero-order valence-electron chi connectivity index (χ0n) is 18.4. The minimum absolute atomic E-state index is 0.0959. The lowest BCUT2D eigenvalue weighted by Gasteiger charge is -2.36. The van der Waals surface area contributed by atoms with E-state index in [1.165, 1.54) is 20.9 Å². The van der Waals surface area contributed by atoms with Gasteiger partial charge in [-0.2, -0.15) is 0 Å². The van der Waals surface area contributed by atoms with Crippen LogP contribution in [0.2, 0.25) is 0 Å². The van der Waals surface area contributed by atoms with Gasteiger partial charge in [-0.15, -0.1) is 11.3 Å². The van der Waals surface area contributed by atoms with Gasteiger partial charge >= 0.3 is 6.03 Å². The van der Waals surface area contributed by atoms with E-state index in [0.29, 0.717) is 23.7 Å². The van der Waals surface area contributed by atoms with E-state index >= 15 is 0 Å². The summed E-state index contributed by atoms with van der Waals surface area (Å²) in [7, 11) is 3.20. The normalized spacial score (nSPS) is 15.4. The molecule has 0 fully saturated rings. The van der Waals surface area contributed by atoms with E-state index in [1.54, 1.807) is 32.4 Å². The van der Waals surface area contributed by atoms with Crippen molar-refractivity contribution >= 4 is 23.1 Å². The fourth-order valence-electron chi connectivity index (χ4n) is 4.37. The molecule has 5 nitrogen and oxygen atoms in total. The Labute approximate surface area is 187 Å². The second kappa shape index (κ2) is 9.02. The Morgan fingerprint density at radius 1 is 1.13 bits per heavy atom. The summed E-state index contributed by atoms with van der Waals surface area (Å²) in [5, 5.41) is 3.06. The van der Waals surface area contributed by atoms with Gasteiger partial charge in [0.25, 0.3) is 0 Å². The van der Waals surface area contributed by atoms with Crippen LogP contribution >= 0.6 is 11.3 Å². The van der Waals surface area contributed by atoms with E-state index in [0.717, 1.165) is 18.4 Å². The van der Waals surface area contributed by atoms with Crippen molar-refractivity contribution in [2.45, 2.75) is 32.7 Å². The maximum Gasteiger partial charge on any atom is 0.322 e. The highest BCUT2D eigenvalue weighted by Gasteiger charge is 2.35. The molecule has 1 aliphatic heterocycles. The van der Waals surface area contributed by atoms with Crippen molar-refractivity contribution < 1.29 is 14.3 Å². The van der Waals surface area contributed by atoms with Crippen LogP contribution in [-0.4, -0.2) is 31.7 Å². The Bertz CT molecular complexity index is 1060. The lowest BCUT2D eigenvalue weighted by atomic mass is 9.92. The quantitative estimate of drug-likeness (QED) is 0.549. The summed E-state index contributed by atoms with van der Waals surface area (Å²) in [5.74, 6) is 1.27. The zero-order valence-corrected chi connectivity index (χ0v) is 19.2. The lowest BCUT2D eigenvalue weighted by Crippen LogP contribution is -2.42. The number of carbonyl (C=O) groups is 1. The first-order valence-electron chi connectivity index (χ1n) is 10.5. The molecule has 3 aromatic rings. The van der Waals surface area contributed by atoms with Crippen LogP contribution < -0.4 is 14.8 Å². The van der Waals surface area contributed by atoms with E-state index in [4.69, 9.17) is 9.47 Å². The van der Waals surface area contributed by atoms with Crippen LogP contribution in [0.4, 0.5) is 10.5 Å². The van der Waals surface area contributed by atoms with Gasteiger partial charge in [0.05, 0.1) is 20.3 Å². The van der Waals surface area contributed by atoms with Gasteiger partial charge in [-0.3, -0.25) is 0 Å². The van der Waals surface area contributed by atoms with Crippen molar-refractivity contribution in [1.29, 1.82) is 0 Å². The first-order valence-corrected chi connectivity index (χ1v) is 11.3. The number of methoxy groups -OCH3 is 2. The Kier molecular flexibility index (Phi) is 6.18. The predicted octanol–water partition coefficient (Wildman–Crippen LogP) is 5.82. The standard InChI is InChI=1S/C25H28N2O3S/c1-5-21-16(2)31-24-22(21)11-12-27(23(24)17-9-7-6-8-10-17)25(28)26-18-13-19(29-3)15-20(14-18)30-4/h6-10,13-15,23H,5,11-12H2,1-4H3,(H,26,28)/t23-/m1/s1. The summed E-state index contributed by atoms with van der Waals surface area (Å²) in [6.07, 6.45) is 1.90. The van der Waals surface area contributed by atoms with Gasteiger partial charge < -0.3 is 19.7 Å². The van der Waals surface area contributed by atoms with E-state index in [1.807, 2.05) is 34.4 Å². The summed E-state index contributed by atoms with van der Waals surface area (Å²) in [5.41, 5.74) is 4.64. The Hall–Kier alpha value is -2.99. The topological polar surface area (TPSA) is 50.8 Å². The molecule has 6 heteroatoms. The fraction of sp³-hybridized carbons (Fsp3) is 0.320. The van der Waals surface area contributed by atoms with Crippen LogP contribution in [0.1, 0.15) is 39.4 Å². The third-order valence-electron chi connectivity index (χ3n) is 5.84.